The van der Waals surface area contributed by atoms with E-state index in [0.717, 1.165) is 22.7 Å². The summed E-state index contributed by atoms with van der Waals surface area (Å²) in [5.74, 6) is 0.816. The fraction of sp³-hybridized carbons (Fsp3) is 0.316. The summed E-state index contributed by atoms with van der Waals surface area (Å²) in [5, 5.41) is 6.08. The van der Waals surface area contributed by atoms with E-state index in [1.54, 1.807) is 7.11 Å². The topological polar surface area (TPSA) is 59.6 Å². The van der Waals surface area contributed by atoms with Crippen LogP contribution in [0.3, 0.4) is 0 Å². The maximum absolute atomic E-state index is 11.7. The molecule has 2 aromatic carbocycles. The van der Waals surface area contributed by atoms with E-state index in [9.17, 15) is 4.79 Å². The first-order chi connectivity index (χ1) is 11.4. The van der Waals surface area contributed by atoms with Gasteiger partial charge in [0.15, 0.2) is 0 Å². The molecule has 5 nitrogen and oxygen atoms in total. The van der Waals surface area contributed by atoms with E-state index in [4.69, 9.17) is 9.47 Å². The highest BCUT2D eigenvalue weighted by Crippen LogP contribution is 2.20. The fourth-order valence-corrected chi connectivity index (χ4v) is 2.09. The first-order valence-electron chi connectivity index (χ1n) is 7.82. The lowest BCUT2D eigenvalue weighted by Crippen LogP contribution is -2.32. The van der Waals surface area contributed by atoms with Crippen LogP contribution in [0.5, 0.6) is 5.75 Å². The van der Waals surface area contributed by atoms with Crippen molar-refractivity contribution in [3.05, 3.63) is 54.1 Å². The average Bonchev–Trinajstić information content (AvgIpc) is 2.52. The van der Waals surface area contributed by atoms with E-state index in [-0.39, 0.29) is 0 Å². The van der Waals surface area contributed by atoms with Crippen LogP contribution in [0.15, 0.2) is 48.5 Å². The Morgan fingerprint density at radius 3 is 2.38 bits per heavy atom. The number of carbonyl (C=O) groups excluding carboxylic acids is 1. The minimum Gasteiger partial charge on any atom is -0.497 e. The Morgan fingerprint density at radius 2 is 1.75 bits per heavy atom. The van der Waals surface area contributed by atoms with Crippen molar-refractivity contribution in [2.45, 2.75) is 32.9 Å². The Hall–Kier alpha value is -2.69. The van der Waals surface area contributed by atoms with Gasteiger partial charge in [-0.05, 0) is 62.7 Å². The monoisotopic (exact) mass is 328 g/mol. The second kappa shape index (κ2) is 7.73. The van der Waals surface area contributed by atoms with Gasteiger partial charge in [-0.25, -0.2) is 4.79 Å². The molecule has 0 aliphatic rings. The molecule has 0 unspecified atom stereocenters. The number of hydrogen-bond acceptors (Lipinski definition) is 4. The number of alkyl carbamates (subject to hydrolysis) is 1. The lowest BCUT2D eigenvalue weighted by Gasteiger charge is -2.19. The SMILES string of the molecule is COc1ccc(Nc2cccc(CNC(=O)OC(C)(C)C)c2)cc1. The summed E-state index contributed by atoms with van der Waals surface area (Å²) in [4.78, 5) is 11.7. The predicted octanol–water partition coefficient (Wildman–Crippen LogP) is 4.46. The number of ether oxygens (including phenoxy) is 2. The first kappa shape index (κ1) is 17.7. The van der Waals surface area contributed by atoms with Gasteiger partial charge in [-0.2, -0.15) is 0 Å². The van der Waals surface area contributed by atoms with Gasteiger partial charge in [0.1, 0.15) is 11.4 Å². The minimum absolute atomic E-state index is 0.410. The zero-order valence-corrected chi connectivity index (χ0v) is 14.6. The second-order valence-corrected chi connectivity index (χ2v) is 6.41. The van der Waals surface area contributed by atoms with Gasteiger partial charge in [-0.15, -0.1) is 0 Å². The smallest absolute Gasteiger partial charge is 0.407 e. The largest absolute Gasteiger partial charge is 0.497 e. The molecule has 2 rings (SSSR count). The Morgan fingerprint density at radius 1 is 1.04 bits per heavy atom. The maximum atomic E-state index is 11.7. The van der Waals surface area contributed by atoms with Gasteiger partial charge in [-0.1, -0.05) is 12.1 Å². The number of anilines is 2. The van der Waals surface area contributed by atoms with Crippen LogP contribution in [-0.2, 0) is 11.3 Å². The van der Waals surface area contributed by atoms with Gasteiger partial charge >= 0.3 is 6.09 Å². The predicted molar refractivity (Wildman–Crippen MR) is 95.8 cm³/mol. The molecule has 0 radical (unpaired) electrons. The lowest BCUT2D eigenvalue weighted by atomic mass is 10.2. The minimum atomic E-state index is -0.498. The van der Waals surface area contributed by atoms with Gasteiger partial charge in [-0.3, -0.25) is 0 Å². The number of amides is 1. The first-order valence-corrected chi connectivity index (χ1v) is 7.82. The summed E-state index contributed by atoms with van der Waals surface area (Å²) >= 11 is 0. The number of benzene rings is 2. The third-order valence-electron chi connectivity index (χ3n) is 3.14. The number of hydrogen-bond donors (Lipinski definition) is 2. The molecule has 2 aromatic rings. The molecular formula is C19H24N2O3. The highest BCUT2D eigenvalue weighted by atomic mass is 16.6. The van der Waals surface area contributed by atoms with Gasteiger partial charge in [0, 0.05) is 17.9 Å². The summed E-state index contributed by atoms with van der Waals surface area (Å²) in [5.41, 5.74) is 2.40. The fourth-order valence-electron chi connectivity index (χ4n) is 2.09. The van der Waals surface area contributed by atoms with Gasteiger partial charge in [0.05, 0.1) is 7.11 Å². The molecular weight excluding hydrogens is 304 g/mol. The Kier molecular flexibility index (Phi) is 5.68. The average molecular weight is 328 g/mol. The van der Waals surface area contributed by atoms with E-state index in [2.05, 4.69) is 10.6 Å². The van der Waals surface area contributed by atoms with Crippen LogP contribution in [0.4, 0.5) is 16.2 Å². The number of methoxy groups -OCH3 is 1. The van der Waals surface area contributed by atoms with Crippen molar-refractivity contribution in [2.75, 3.05) is 12.4 Å². The van der Waals surface area contributed by atoms with Crippen molar-refractivity contribution in [1.82, 2.24) is 5.32 Å². The highest BCUT2D eigenvalue weighted by Gasteiger charge is 2.15. The molecule has 0 saturated heterocycles. The number of nitrogens with one attached hydrogen (secondary N) is 2. The zero-order valence-electron chi connectivity index (χ0n) is 14.6. The molecule has 24 heavy (non-hydrogen) atoms. The molecule has 0 fully saturated rings. The molecule has 0 spiro atoms. The summed E-state index contributed by atoms with van der Waals surface area (Å²) in [7, 11) is 1.64. The Labute approximate surface area is 143 Å². The summed E-state index contributed by atoms with van der Waals surface area (Å²) in [6.07, 6.45) is -0.420. The summed E-state index contributed by atoms with van der Waals surface area (Å²) in [6, 6.07) is 15.6. The van der Waals surface area contributed by atoms with Crippen molar-refractivity contribution < 1.29 is 14.3 Å². The molecule has 0 aromatic heterocycles. The van der Waals surface area contributed by atoms with Crippen LogP contribution in [0, 0.1) is 0 Å². The van der Waals surface area contributed by atoms with E-state index in [1.807, 2.05) is 69.3 Å². The molecule has 0 heterocycles. The van der Waals surface area contributed by atoms with Gasteiger partial charge in [0.2, 0.25) is 0 Å². The standard InChI is InChI=1S/C19H24N2O3/c1-19(2,3)24-18(22)20-13-14-6-5-7-16(12-14)21-15-8-10-17(23-4)11-9-15/h5-12,21H,13H2,1-4H3,(H,20,22). The lowest BCUT2D eigenvalue weighted by molar-refractivity contribution is 0.0523. The van der Waals surface area contributed by atoms with Crippen molar-refractivity contribution in [3.63, 3.8) is 0 Å². The Bertz CT molecular complexity index is 676. The van der Waals surface area contributed by atoms with Crippen LogP contribution in [0.25, 0.3) is 0 Å². The van der Waals surface area contributed by atoms with Crippen molar-refractivity contribution in [1.29, 1.82) is 0 Å². The van der Waals surface area contributed by atoms with Crippen LogP contribution in [0.1, 0.15) is 26.3 Å². The molecule has 0 aliphatic heterocycles. The molecule has 5 heteroatoms. The third kappa shape index (κ3) is 5.83. The molecule has 0 aliphatic carbocycles. The normalized spacial score (nSPS) is 10.8. The van der Waals surface area contributed by atoms with E-state index in [1.165, 1.54) is 0 Å². The quantitative estimate of drug-likeness (QED) is 0.850. The molecule has 0 atom stereocenters. The van der Waals surface area contributed by atoms with E-state index < -0.39 is 11.7 Å². The zero-order chi connectivity index (χ0) is 17.6. The molecule has 2 N–H and O–H groups in total. The van der Waals surface area contributed by atoms with Crippen molar-refractivity contribution >= 4 is 17.5 Å². The van der Waals surface area contributed by atoms with Crippen LogP contribution in [0.2, 0.25) is 0 Å². The Balaban J connectivity index is 1.94. The maximum Gasteiger partial charge on any atom is 0.407 e. The molecule has 128 valence electrons. The summed E-state index contributed by atoms with van der Waals surface area (Å²) < 4.78 is 10.4. The second-order valence-electron chi connectivity index (χ2n) is 6.41. The van der Waals surface area contributed by atoms with Crippen LogP contribution < -0.4 is 15.4 Å². The van der Waals surface area contributed by atoms with Crippen molar-refractivity contribution in [2.24, 2.45) is 0 Å². The van der Waals surface area contributed by atoms with E-state index >= 15 is 0 Å². The molecule has 1 amide bonds. The van der Waals surface area contributed by atoms with Crippen LogP contribution in [-0.4, -0.2) is 18.8 Å². The van der Waals surface area contributed by atoms with Gasteiger partial charge < -0.3 is 20.1 Å². The number of rotatable bonds is 5. The highest BCUT2D eigenvalue weighted by molar-refractivity contribution is 5.68. The number of carbonyl (C=O) groups is 1. The van der Waals surface area contributed by atoms with Crippen LogP contribution >= 0.6 is 0 Å². The summed E-state index contributed by atoms with van der Waals surface area (Å²) in [6.45, 7) is 5.93. The van der Waals surface area contributed by atoms with Crippen molar-refractivity contribution in [3.8, 4) is 5.75 Å². The molecule has 0 saturated carbocycles. The third-order valence-corrected chi connectivity index (χ3v) is 3.14. The molecule has 0 bridgehead atoms. The van der Waals surface area contributed by atoms with Gasteiger partial charge in [0.25, 0.3) is 0 Å². The van der Waals surface area contributed by atoms with E-state index in [0.29, 0.717) is 6.54 Å².